The monoisotopic (exact) mass is 310 g/mol. The van der Waals surface area contributed by atoms with Crippen LogP contribution in [0.1, 0.15) is 5.56 Å². The maximum absolute atomic E-state index is 11.7. The molecule has 7 heteroatoms. The fraction of sp³-hybridized carbons (Fsp3) is 0.308. The van der Waals surface area contributed by atoms with Crippen molar-refractivity contribution in [1.82, 2.24) is 20.1 Å². The summed E-state index contributed by atoms with van der Waals surface area (Å²) < 4.78 is 1.78. The van der Waals surface area contributed by atoms with Gasteiger partial charge in [0, 0.05) is 18.6 Å². The molecule has 2 rings (SSSR count). The second-order valence-electron chi connectivity index (χ2n) is 4.24. The summed E-state index contributed by atoms with van der Waals surface area (Å²) in [6.45, 7) is 0.596. The molecule has 2 aromatic rings. The van der Waals surface area contributed by atoms with Crippen LogP contribution in [0.3, 0.4) is 0 Å². The number of rotatable bonds is 6. The number of nitrogens with zero attached hydrogens (tertiary/aromatic N) is 3. The molecule has 0 saturated heterocycles. The second kappa shape index (κ2) is 7.31. The zero-order valence-electron chi connectivity index (χ0n) is 11.0. The number of amides is 1. The molecular formula is C13H15ClN4OS. The van der Waals surface area contributed by atoms with Gasteiger partial charge in [-0.15, -0.1) is 10.2 Å². The van der Waals surface area contributed by atoms with Gasteiger partial charge >= 0.3 is 0 Å². The third kappa shape index (κ3) is 4.54. The van der Waals surface area contributed by atoms with Gasteiger partial charge in [-0.2, -0.15) is 0 Å². The molecule has 106 valence electrons. The Morgan fingerprint density at radius 1 is 1.50 bits per heavy atom. The minimum Gasteiger partial charge on any atom is -0.355 e. The van der Waals surface area contributed by atoms with E-state index in [0.717, 1.165) is 17.1 Å². The summed E-state index contributed by atoms with van der Waals surface area (Å²) >= 11 is 7.27. The molecule has 0 radical (unpaired) electrons. The normalized spacial score (nSPS) is 10.5. The lowest BCUT2D eigenvalue weighted by atomic mass is 10.1. The van der Waals surface area contributed by atoms with Crippen molar-refractivity contribution >= 4 is 29.3 Å². The summed E-state index contributed by atoms with van der Waals surface area (Å²) in [5, 5.41) is 12.0. The molecule has 0 atom stereocenters. The first-order valence-corrected chi connectivity index (χ1v) is 7.49. The maximum Gasteiger partial charge on any atom is 0.230 e. The maximum atomic E-state index is 11.7. The zero-order valence-corrected chi connectivity index (χ0v) is 12.6. The van der Waals surface area contributed by atoms with Crippen molar-refractivity contribution in [3.63, 3.8) is 0 Å². The summed E-state index contributed by atoms with van der Waals surface area (Å²) in [6, 6.07) is 7.64. The van der Waals surface area contributed by atoms with E-state index < -0.39 is 0 Å². The molecule has 0 aliphatic carbocycles. The summed E-state index contributed by atoms with van der Waals surface area (Å²) in [7, 11) is 1.85. The van der Waals surface area contributed by atoms with Crippen LogP contribution < -0.4 is 5.32 Å². The average molecular weight is 311 g/mol. The third-order valence-electron chi connectivity index (χ3n) is 2.63. The molecule has 5 nitrogen and oxygen atoms in total. The molecule has 0 saturated carbocycles. The van der Waals surface area contributed by atoms with Gasteiger partial charge in [-0.25, -0.2) is 0 Å². The fourth-order valence-corrected chi connectivity index (χ4v) is 2.55. The van der Waals surface area contributed by atoms with Crippen LogP contribution in [0.25, 0.3) is 0 Å². The number of aryl methyl sites for hydroxylation is 1. The fourth-order valence-electron chi connectivity index (χ4n) is 1.62. The van der Waals surface area contributed by atoms with Gasteiger partial charge in [0.15, 0.2) is 5.16 Å². The molecule has 1 aromatic carbocycles. The van der Waals surface area contributed by atoms with Crippen molar-refractivity contribution in [1.29, 1.82) is 0 Å². The van der Waals surface area contributed by atoms with Gasteiger partial charge in [-0.05, 0) is 24.1 Å². The molecule has 1 amide bonds. The molecule has 20 heavy (non-hydrogen) atoms. The Balaban J connectivity index is 1.69. The Morgan fingerprint density at radius 2 is 2.35 bits per heavy atom. The van der Waals surface area contributed by atoms with Gasteiger partial charge in [0.25, 0.3) is 0 Å². The lowest BCUT2D eigenvalue weighted by Crippen LogP contribution is -2.27. The third-order valence-corrected chi connectivity index (χ3v) is 3.90. The molecule has 0 unspecified atom stereocenters. The Labute approximate surface area is 126 Å². The van der Waals surface area contributed by atoms with Crippen molar-refractivity contribution in [2.75, 3.05) is 12.3 Å². The second-order valence-corrected chi connectivity index (χ2v) is 5.62. The summed E-state index contributed by atoms with van der Waals surface area (Å²) in [5.41, 5.74) is 1.11. The van der Waals surface area contributed by atoms with E-state index in [0.29, 0.717) is 17.3 Å². The number of nitrogens with one attached hydrogen (secondary N) is 1. The van der Waals surface area contributed by atoms with E-state index in [1.807, 2.05) is 31.3 Å². The molecule has 1 aromatic heterocycles. The molecule has 0 spiro atoms. The Bertz CT molecular complexity index is 587. The SMILES string of the molecule is Cn1cnnc1SCC(=O)NCCc1cccc(Cl)c1. The minimum absolute atomic E-state index is 0.0139. The largest absolute Gasteiger partial charge is 0.355 e. The van der Waals surface area contributed by atoms with E-state index in [-0.39, 0.29) is 5.91 Å². The van der Waals surface area contributed by atoms with Gasteiger partial charge in [-0.1, -0.05) is 35.5 Å². The number of benzene rings is 1. The molecule has 1 heterocycles. The molecular weight excluding hydrogens is 296 g/mol. The van der Waals surface area contributed by atoms with Crippen LogP contribution in [0, 0.1) is 0 Å². The van der Waals surface area contributed by atoms with Crippen LogP contribution >= 0.6 is 23.4 Å². The minimum atomic E-state index is -0.0139. The van der Waals surface area contributed by atoms with Gasteiger partial charge in [0.2, 0.25) is 5.91 Å². The number of hydrogen-bond acceptors (Lipinski definition) is 4. The van der Waals surface area contributed by atoms with E-state index in [1.54, 1.807) is 10.9 Å². The van der Waals surface area contributed by atoms with Gasteiger partial charge in [0.1, 0.15) is 6.33 Å². The molecule has 0 bridgehead atoms. The highest BCUT2D eigenvalue weighted by Crippen LogP contribution is 2.13. The van der Waals surface area contributed by atoms with E-state index in [2.05, 4.69) is 15.5 Å². The smallest absolute Gasteiger partial charge is 0.230 e. The van der Waals surface area contributed by atoms with Crippen molar-refractivity contribution < 1.29 is 4.79 Å². The van der Waals surface area contributed by atoms with Crippen LogP contribution in [0.15, 0.2) is 35.7 Å². The molecule has 0 aliphatic heterocycles. The van der Waals surface area contributed by atoms with E-state index in [1.165, 1.54) is 11.8 Å². The Kier molecular flexibility index (Phi) is 5.43. The van der Waals surface area contributed by atoms with Crippen LogP contribution in [0.4, 0.5) is 0 Å². The van der Waals surface area contributed by atoms with Crippen molar-refractivity contribution in [3.05, 3.63) is 41.2 Å². The van der Waals surface area contributed by atoms with Crippen LogP contribution in [-0.2, 0) is 18.3 Å². The Morgan fingerprint density at radius 3 is 3.05 bits per heavy atom. The first-order chi connectivity index (χ1) is 9.65. The van der Waals surface area contributed by atoms with Gasteiger partial charge in [-0.3, -0.25) is 4.79 Å². The summed E-state index contributed by atoms with van der Waals surface area (Å²) in [5.74, 6) is 0.322. The number of thioether (sulfide) groups is 1. The zero-order chi connectivity index (χ0) is 14.4. The predicted molar refractivity (Wildman–Crippen MR) is 79.9 cm³/mol. The first kappa shape index (κ1) is 14.9. The van der Waals surface area contributed by atoms with Crippen molar-refractivity contribution in [3.8, 4) is 0 Å². The number of hydrogen-bond donors (Lipinski definition) is 1. The number of aromatic nitrogens is 3. The van der Waals surface area contributed by atoms with Crippen molar-refractivity contribution in [2.24, 2.45) is 7.05 Å². The highest BCUT2D eigenvalue weighted by molar-refractivity contribution is 7.99. The highest BCUT2D eigenvalue weighted by Gasteiger charge is 2.06. The van der Waals surface area contributed by atoms with Crippen LogP contribution in [-0.4, -0.2) is 33.0 Å². The highest BCUT2D eigenvalue weighted by atomic mass is 35.5. The van der Waals surface area contributed by atoms with Gasteiger partial charge in [0.05, 0.1) is 5.75 Å². The van der Waals surface area contributed by atoms with E-state index in [9.17, 15) is 4.79 Å². The van der Waals surface area contributed by atoms with E-state index >= 15 is 0 Å². The van der Waals surface area contributed by atoms with Crippen LogP contribution in [0.5, 0.6) is 0 Å². The molecule has 0 fully saturated rings. The number of carbonyl (C=O) groups is 1. The molecule has 1 N–H and O–H groups in total. The molecule has 0 aliphatic rings. The lowest BCUT2D eigenvalue weighted by molar-refractivity contribution is -0.118. The van der Waals surface area contributed by atoms with E-state index in [4.69, 9.17) is 11.6 Å². The van der Waals surface area contributed by atoms with Crippen LogP contribution in [0.2, 0.25) is 5.02 Å². The lowest BCUT2D eigenvalue weighted by Gasteiger charge is -2.05. The summed E-state index contributed by atoms with van der Waals surface area (Å²) in [4.78, 5) is 11.7. The topological polar surface area (TPSA) is 59.8 Å². The summed E-state index contributed by atoms with van der Waals surface area (Å²) in [6.07, 6.45) is 2.38. The van der Waals surface area contributed by atoms with Crippen molar-refractivity contribution in [2.45, 2.75) is 11.6 Å². The number of halogens is 1. The standard InChI is InChI=1S/C13H15ClN4OS/c1-18-9-16-17-13(18)20-8-12(19)15-6-5-10-3-2-4-11(14)7-10/h2-4,7,9H,5-6,8H2,1H3,(H,15,19). The Hall–Kier alpha value is -1.53. The number of carbonyl (C=O) groups excluding carboxylic acids is 1. The average Bonchev–Trinajstić information content (AvgIpc) is 2.82. The first-order valence-electron chi connectivity index (χ1n) is 6.13. The van der Waals surface area contributed by atoms with Gasteiger partial charge < -0.3 is 9.88 Å². The quantitative estimate of drug-likeness (QED) is 0.828. The predicted octanol–water partition coefficient (Wildman–Crippen LogP) is 1.92.